The van der Waals surface area contributed by atoms with E-state index in [1.165, 1.54) is 22.7 Å². The van der Waals surface area contributed by atoms with Crippen LogP contribution < -0.4 is 4.74 Å². The van der Waals surface area contributed by atoms with E-state index in [1.807, 2.05) is 6.07 Å². The van der Waals surface area contributed by atoms with Gasteiger partial charge in [0.05, 0.1) is 11.0 Å². The number of ether oxygens (including phenoxy) is 1. The van der Waals surface area contributed by atoms with Crippen molar-refractivity contribution in [2.75, 3.05) is 27.2 Å². The molecule has 1 fully saturated rings. The van der Waals surface area contributed by atoms with E-state index in [2.05, 4.69) is 20.9 Å². The van der Waals surface area contributed by atoms with E-state index in [4.69, 9.17) is 4.74 Å². The Balaban J connectivity index is 2.02. The number of rotatable bonds is 4. The maximum Gasteiger partial charge on any atom is 0.281 e. The van der Waals surface area contributed by atoms with E-state index in [9.17, 15) is 8.42 Å². The molecule has 0 aliphatic carbocycles. The van der Waals surface area contributed by atoms with Crippen molar-refractivity contribution in [3.8, 4) is 5.88 Å². The van der Waals surface area contributed by atoms with Gasteiger partial charge in [-0.15, -0.1) is 0 Å². The first-order valence-electron chi connectivity index (χ1n) is 5.86. The number of nitrogens with zero attached hydrogens (tertiary/aromatic N) is 3. The molecule has 0 spiro atoms. The Labute approximate surface area is 121 Å². The molecule has 0 radical (unpaired) electrons. The summed E-state index contributed by atoms with van der Waals surface area (Å²) in [5.74, 6) is 0.497. The molecular formula is C11H16BrN3O3S. The van der Waals surface area contributed by atoms with Crippen LogP contribution in [-0.2, 0) is 10.2 Å². The molecule has 0 saturated carbocycles. The van der Waals surface area contributed by atoms with Crippen molar-refractivity contribution in [3.63, 3.8) is 0 Å². The zero-order valence-corrected chi connectivity index (χ0v) is 13.2. The Morgan fingerprint density at radius 2 is 2.26 bits per heavy atom. The van der Waals surface area contributed by atoms with Gasteiger partial charge in [-0.2, -0.15) is 17.0 Å². The highest BCUT2D eigenvalue weighted by molar-refractivity contribution is 9.10. The summed E-state index contributed by atoms with van der Waals surface area (Å²) in [5.41, 5.74) is 0. The minimum Gasteiger partial charge on any atom is -0.472 e. The highest BCUT2D eigenvalue weighted by Gasteiger charge is 2.34. The molecule has 0 amide bonds. The summed E-state index contributed by atoms with van der Waals surface area (Å²) in [5, 5.41) is 0. The monoisotopic (exact) mass is 349 g/mol. The Kier molecular flexibility index (Phi) is 4.44. The molecule has 0 bridgehead atoms. The second-order valence-corrected chi connectivity index (χ2v) is 7.46. The molecule has 1 unspecified atom stereocenters. The molecule has 1 aliphatic rings. The highest BCUT2D eigenvalue weighted by Crippen LogP contribution is 2.25. The summed E-state index contributed by atoms with van der Waals surface area (Å²) >= 11 is 3.35. The first-order valence-corrected chi connectivity index (χ1v) is 8.05. The quantitative estimate of drug-likeness (QED) is 0.816. The van der Waals surface area contributed by atoms with Gasteiger partial charge in [-0.25, -0.2) is 4.98 Å². The first-order chi connectivity index (χ1) is 8.91. The number of pyridine rings is 1. The molecule has 106 valence electrons. The molecule has 6 nitrogen and oxygen atoms in total. The zero-order valence-electron chi connectivity index (χ0n) is 10.8. The van der Waals surface area contributed by atoms with Gasteiger partial charge in [-0.1, -0.05) is 0 Å². The predicted molar refractivity (Wildman–Crippen MR) is 75.1 cm³/mol. The van der Waals surface area contributed by atoms with Gasteiger partial charge < -0.3 is 4.74 Å². The summed E-state index contributed by atoms with van der Waals surface area (Å²) in [7, 11) is -0.304. The minimum absolute atomic E-state index is 0.166. The highest BCUT2D eigenvalue weighted by atomic mass is 79.9. The first kappa shape index (κ1) is 14.7. The smallest absolute Gasteiger partial charge is 0.281 e. The Morgan fingerprint density at radius 3 is 2.89 bits per heavy atom. The van der Waals surface area contributed by atoms with Gasteiger partial charge in [-0.05, 0) is 34.5 Å². The topological polar surface area (TPSA) is 62.7 Å². The third-order valence-corrected chi connectivity index (χ3v) is 5.41. The summed E-state index contributed by atoms with van der Waals surface area (Å²) in [6, 6.07) is 3.64. The van der Waals surface area contributed by atoms with Crippen LogP contribution in [0.5, 0.6) is 5.88 Å². The van der Waals surface area contributed by atoms with E-state index in [0.29, 0.717) is 25.4 Å². The van der Waals surface area contributed by atoms with Crippen molar-refractivity contribution >= 4 is 26.1 Å². The van der Waals surface area contributed by atoms with E-state index in [0.717, 1.165) is 4.47 Å². The fourth-order valence-corrected chi connectivity index (χ4v) is 3.35. The lowest BCUT2D eigenvalue weighted by Gasteiger charge is -2.20. The molecule has 0 N–H and O–H groups in total. The van der Waals surface area contributed by atoms with Crippen LogP contribution in [-0.4, -0.2) is 55.3 Å². The maximum atomic E-state index is 12.0. The Morgan fingerprint density at radius 1 is 1.53 bits per heavy atom. The number of aromatic nitrogens is 1. The van der Waals surface area contributed by atoms with Crippen molar-refractivity contribution in [2.24, 2.45) is 0 Å². The van der Waals surface area contributed by atoms with Crippen LogP contribution in [0.4, 0.5) is 0 Å². The summed E-state index contributed by atoms with van der Waals surface area (Å²) in [6.45, 7) is 0.819. The van der Waals surface area contributed by atoms with Crippen LogP contribution in [0, 0.1) is 0 Å². The van der Waals surface area contributed by atoms with Gasteiger partial charge in [0.25, 0.3) is 10.2 Å². The van der Waals surface area contributed by atoms with Crippen molar-refractivity contribution in [1.29, 1.82) is 0 Å². The minimum atomic E-state index is -3.36. The lowest BCUT2D eigenvalue weighted by Crippen LogP contribution is -2.39. The van der Waals surface area contributed by atoms with Crippen LogP contribution in [0.2, 0.25) is 0 Å². The van der Waals surface area contributed by atoms with Crippen molar-refractivity contribution in [1.82, 2.24) is 13.6 Å². The average molecular weight is 350 g/mol. The van der Waals surface area contributed by atoms with Crippen molar-refractivity contribution < 1.29 is 13.2 Å². The maximum absolute atomic E-state index is 12.0. The lowest BCUT2D eigenvalue weighted by atomic mass is 10.3. The molecule has 1 aromatic rings. The van der Waals surface area contributed by atoms with E-state index in [-0.39, 0.29) is 6.10 Å². The van der Waals surface area contributed by atoms with E-state index >= 15 is 0 Å². The zero-order chi connectivity index (χ0) is 14.0. The molecule has 2 rings (SSSR count). The standard InChI is InChI=1S/C11H16BrN3O3S/c1-14(2)19(16,17)15-7-5-9(8-15)18-11-10(12)4-3-6-13-11/h3-4,6,9H,5,7-8H2,1-2H3. The third kappa shape index (κ3) is 3.25. The molecule has 2 heterocycles. The molecule has 8 heteroatoms. The number of hydrogen-bond donors (Lipinski definition) is 0. The van der Waals surface area contributed by atoms with Crippen LogP contribution in [0.25, 0.3) is 0 Å². The molecule has 0 aromatic carbocycles. The molecule has 1 atom stereocenters. The van der Waals surface area contributed by atoms with Crippen LogP contribution >= 0.6 is 15.9 Å². The van der Waals surface area contributed by atoms with Crippen molar-refractivity contribution in [2.45, 2.75) is 12.5 Å². The number of hydrogen-bond acceptors (Lipinski definition) is 4. The molecule has 1 saturated heterocycles. The van der Waals surface area contributed by atoms with Gasteiger partial charge >= 0.3 is 0 Å². The van der Waals surface area contributed by atoms with Crippen LogP contribution in [0.3, 0.4) is 0 Å². The average Bonchev–Trinajstić information content (AvgIpc) is 2.81. The summed E-state index contributed by atoms with van der Waals surface area (Å²) in [4.78, 5) is 4.12. The Bertz CT molecular complexity index is 550. The second kappa shape index (κ2) is 5.74. The lowest BCUT2D eigenvalue weighted by molar-refractivity contribution is 0.204. The van der Waals surface area contributed by atoms with Gasteiger partial charge in [0.1, 0.15) is 6.10 Å². The van der Waals surface area contributed by atoms with Crippen LogP contribution in [0.15, 0.2) is 22.8 Å². The summed E-state index contributed by atoms with van der Waals surface area (Å²) in [6.07, 6.45) is 2.14. The predicted octanol–water partition coefficient (Wildman–Crippen LogP) is 1.10. The molecule has 19 heavy (non-hydrogen) atoms. The fourth-order valence-electron chi connectivity index (χ4n) is 1.85. The second-order valence-electron chi connectivity index (χ2n) is 4.47. The molecule has 1 aliphatic heterocycles. The summed E-state index contributed by atoms with van der Waals surface area (Å²) < 4.78 is 33.1. The molecular weight excluding hydrogens is 334 g/mol. The molecule has 1 aromatic heterocycles. The SMILES string of the molecule is CN(C)S(=O)(=O)N1CCC(Oc2ncccc2Br)C1. The normalized spacial score (nSPS) is 20.9. The Hall–Kier alpha value is -0.700. The van der Waals surface area contributed by atoms with Crippen molar-refractivity contribution in [3.05, 3.63) is 22.8 Å². The van der Waals surface area contributed by atoms with Gasteiger partial charge in [-0.3, -0.25) is 0 Å². The van der Waals surface area contributed by atoms with E-state index in [1.54, 1.807) is 12.3 Å². The van der Waals surface area contributed by atoms with Gasteiger partial charge in [0.2, 0.25) is 5.88 Å². The van der Waals surface area contributed by atoms with Gasteiger partial charge in [0.15, 0.2) is 0 Å². The largest absolute Gasteiger partial charge is 0.472 e. The van der Waals surface area contributed by atoms with Gasteiger partial charge in [0, 0.05) is 26.8 Å². The third-order valence-electron chi connectivity index (χ3n) is 2.90. The fraction of sp³-hybridized carbons (Fsp3) is 0.545. The number of halogens is 1. The van der Waals surface area contributed by atoms with E-state index < -0.39 is 10.2 Å². The van der Waals surface area contributed by atoms with Crippen LogP contribution in [0.1, 0.15) is 6.42 Å².